The van der Waals surface area contributed by atoms with E-state index in [1.54, 1.807) is 37.8 Å². The molecule has 2 aliphatic rings. The largest absolute Gasteiger partial charge is 0.493 e. The van der Waals surface area contributed by atoms with Gasteiger partial charge in [-0.3, -0.25) is 14.2 Å². The lowest BCUT2D eigenvalue weighted by molar-refractivity contribution is -0.154. The standard InChI is InChI=1S/C20H24N2O5/c1-18-8-19(2,10-20(3,9-18)17(24)25)16(23)22-12-7-14(27-5)13(26-4)6-11(12)21-15(18)22/h6-7H,8-10H2,1-5H3,(H,24,25)/t18-,19+,20-/m1/s1. The number of aliphatic carboxylic acids is 1. The number of carboxylic acids is 1. The molecule has 0 radical (unpaired) electrons. The van der Waals surface area contributed by atoms with Crippen LogP contribution in [0.4, 0.5) is 0 Å². The summed E-state index contributed by atoms with van der Waals surface area (Å²) >= 11 is 0. The fourth-order valence-electron chi connectivity index (χ4n) is 5.52. The molecule has 1 fully saturated rings. The molecule has 1 aliphatic heterocycles. The lowest BCUT2D eigenvalue weighted by atomic mass is 9.52. The molecule has 1 aromatic carbocycles. The van der Waals surface area contributed by atoms with Gasteiger partial charge < -0.3 is 14.6 Å². The van der Waals surface area contributed by atoms with E-state index in [4.69, 9.17) is 14.5 Å². The molecule has 4 rings (SSSR count). The summed E-state index contributed by atoms with van der Waals surface area (Å²) in [5.41, 5.74) is -0.911. The summed E-state index contributed by atoms with van der Waals surface area (Å²) in [5, 5.41) is 9.82. The number of rotatable bonds is 3. The molecular formula is C20H24N2O5. The van der Waals surface area contributed by atoms with E-state index in [9.17, 15) is 14.7 Å². The smallest absolute Gasteiger partial charge is 0.309 e. The van der Waals surface area contributed by atoms with Crippen LogP contribution in [0.15, 0.2) is 12.1 Å². The van der Waals surface area contributed by atoms with Crippen molar-refractivity contribution in [2.45, 2.75) is 45.4 Å². The molecule has 1 N–H and O–H groups in total. The van der Waals surface area contributed by atoms with Crippen molar-refractivity contribution in [3.05, 3.63) is 18.0 Å². The van der Waals surface area contributed by atoms with Crippen LogP contribution in [0.2, 0.25) is 0 Å². The Morgan fingerprint density at radius 1 is 1.07 bits per heavy atom. The number of ether oxygens (including phenoxy) is 2. The van der Waals surface area contributed by atoms with Gasteiger partial charge in [0.15, 0.2) is 11.5 Å². The number of hydrogen-bond donors (Lipinski definition) is 1. The number of aromatic nitrogens is 2. The van der Waals surface area contributed by atoms with Crippen molar-refractivity contribution in [1.29, 1.82) is 0 Å². The molecular weight excluding hydrogens is 348 g/mol. The average Bonchev–Trinajstić information content (AvgIpc) is 2.97. The van der Waals surface area contributed by atoms with E-state index in [1.165, 1.54) is 0 Å². The Morgan fingerprint density at radius 2 is 1.67 bits per heavy atom. The van der Waals surface area contributed by atoms with E-state index >= 15 is 0 Å². The highest BCUT2D eigenvalue weighted by Crippen LogP contribution is 2.59. The Bertz CT molecular complexity index is 996. The molecule has 2 aromatic rings. The predicted molar refractivity (Wildman–Crippen MR) is 98.5 cm³/mol. The average molecular weight is 372 g/mol. The number of imidazole rings is 1. The van der Waals surface area contributed by atoms with E-state index < -0.39 is 22.2 Å². The molecule has 0 saturated heterocycles. The molecule has 3 atom stereocenters. The second-order valence-electron chi connectivity index (χ2n) is 8.79. The van der Waals surface area contributed by atoms with Crippen LogP contribution in [0.1, 0.15) is 50.7 Å². The van der Waals surface area contributed by atoms with Crippen molar-refractivity contribution >= 4 is 22.9 Å². The monoisotopic (exact) mass is 372 g/mol. The van der Waals surface area contributed by atoms with Crippen LogP contribution < -0.4 is 9.47 Å². The lowest BCUT2D eigenvalue weighted by Gasteiger charge is -2.53. The number of benzene rings is 1. The van der Waals surface area contributed by atoms with Gasteiger partial charge >= 0.3 is 5.97 Å². The minimum Gasteiger partial charge on any atom is -0.493 e. The van der Waals surface area contributed by atoms with Crippen LogP contribution in [0, 0.1) is 10.8 Å². The van der Waals surface area contributed by atoms with Crippen molar-refractivity contribution < 1.29 is 24.2 Å². The maximum absolute atomic E-state index is 13.5. The normalized spacial score (nSPS) is 32.3. The van der Waals surface area contributed by atoms with Gasteiger partial charge in [-0.2, -0.15) is 0 Å². The Morgan fingerprint density at radius 3 is 2.26 bits per heavy atom. The number of carboxylic acid groups (broad SMARTS) is 1. The zero-order chi connectivity index (χ0) is 19.8. The molecule has 144 valence electrons. The van der Waals surface area contributed by atoms with E-state index in [-0.39, 0.29) is 5.91 Å². The molecule has 0 spiro atoms. The van der Waals surface area contributed by atoms with Gasteiger partial charge in [0.2, 0.25) is 5.91 Å². The summed E-state index contributed by atoms with van der Waals surface area (Å²) in [7, 11) is 3.10. The molecule has 7 nitrogen and oxygen atoms in total. The predicted octanol–water partition coefficient (Wildman–Crippen LogP) is 3.25. The maximum Gasteiger partial charge on any atom is 0.309 e. The summed E-state index contributed by atoms with van der Waals surface area (Å²) in [6.07, 6.45) is 1.35. The summed E-state index contributed by atoms with van der Waals surface area (Å²) < 4.78 is 12.4. The Balaban J connectivity index is 2.01. The van der Waals surface area contributed by atoms with Crippen LogP contribution in [0.25, 0.3) is 11.0 Å². The quantitative estimate of drug-likeness (QED) is 0.889. The van der Waals surface area contributed by atoms with Gasteiger partial charge in [0.05, 0.1) is 30.7 Å². The van der Waals surface area contributed by atoms with E-state index in [0.29, 0.717) is 47.6 Å². The zero-order valence-electron chi connectivity index (χ0n) is 16.3. The van der Waals surface area contributed by atoms with Gasteiger partial charge in [0, 0.05) is 23.0 Å². The fourth-order valence-corrected chi connectivity index (χ4v) is 5.52. The highest BCUT2D eigenvalue weighted by Gasteiger charge is 2.60. The fraction of sp³-hybridized carbons (Fsp3) is 0.550. The molecule has 2 bridgehead atoms. The first-order chi connectivity index (χ1) is 12.6. The lowest BCUT2D eigenvalue weighted by Crippen LogP contribution is -2.56. The third kappa shape index (κ3) is 2.23. The van der Waals surface area contributed by atoms with Crippen molar-refractivity contribution in [3.8, 4) is 11.5 Å². The zero-order valence-corrected chi connectivity index (χ0v) is 16.3. The van der Waals surface area contributed by atoms with Crippen molar-refractivity contribution in [3.63, 3.8) is 0 Å². The van der Waals surface area contributed by atoms with Crippen LogP contribution in [0.5, 0.6) is 11.5 Å². The molecule has 1 saturated carbocycles. The van der Waals surface area contributed by atoms with Gasteiger partial charge in [-0.25, -0.2) is 4.98 Å². The summed E-state index contributed by atoms with van der Waals surface area (Å²) in [6, 6.07) is 3.53. The van der Waals surface area contributed by atoms with Gasteiger partial charge in [-0.1, -0.05) is 13.8 Å². The third-order valence-electron chi connectivity index (χ3n) is 6.28. The molecule has 27 heavy (non-hydrogen) atoms. The molecule has 1 aliphatic carbocycles. The van der Waals surface area contributed by atoms with Gasteiger partial charge in [-0.15, -0.1) is 0 Å². The summed E-state index contributed by atoms with van der Waals surface area (Å²) in [5.74, 6) is 0.740. The van der Waals surface area contributed by atoms with Gasteiger partial charge in [0.1, 0.15) is 5.82 Å². The van der Waals surface area contributed by atoms with Crippen molar-refractivity contribution in [2.24, 2.45) is 10.8 Å². The summed E-state index contributed by atoms with van der Waals surface area (Å²) in [6.45, 7) is 5.64. The molecule has 1 aromatic heterocycles. The third-order valence-corrected chi connectivity index (χ3v) is 6.28. The number of hydrogen-bond acceptors (Lipinski definition) is 5. The number of carbonyl (C=O) groups excluding carboxylic acids is 1. The van der Waals surface area contributed by atoms with Gasteiger partial charge in [0.25, 0.3) is 0 Å². The first-order valence-corrected chi connectivity index (χ1v) is 9.00. The number of nitrogens with zero attached hydrogens (tertiary/aromatic N) is 2. The Labute approximate surface area is 157 Å². The van der Waals surface area contributed by atoms with Gasteiger partial charge in [-0.05, 0) is 26.2 Å². The van der Waals surface area contributed by atoms with E-state index in [1.807, 2.05) is 13.8 Å². The first kappa shape index (κ1) is 17.8. The van der Waals surface area contributed by atoms with Crippen LogP contribution >= 0.6 is 0 Å². The van der Waals surface area contributed by atoms with E-state index in [0.717, 1.165) is 0 Å². The minimum atomic E-state index is -0.962. The first-order valence-electron chi connectivity index (χ1n) is 9.00. The highest BCUT2D eigenvalue weighted by atomic mass is 16.5. The number of fused-ring (bicyclic) bond motifs is 6. The Hall–Kier alpha value is -2.57. The second-order valence-corrected chi connectivity index (χ2v) is 8.79. The number of methoxy groups -OCH3 is 2. The second kappa shape index (κ2) is 5.24. The Kier molecular flexibility index (Phi) is 3.46. The molecule has 2 heterocycles. The van der Waals surface area contributed by atoms with Crippen LogP contribution in [-0.2, 0) is 10.2 Å². The number of carbonyl (C=O) groups is 2. The molecule has 0 amide bonds. The minimum absolute atomic E-state index is 0.100. The van der Waals surface area contributed by atoms with Crippen molar-refractivity contribution in [2.75, 3.05) is 14.2 Å². The van der Waals surface area contributed by atoms with Crippen molar-refractivity contribution in [1.82, 2.24) is 9.55 Å². The molecule has 0 unspecified atom stereocenters. The molecule has 7 heteroatoms. The highest BCUT2D eigenvalue weighted by molar-refractivity contribution is 5.97. The van der Waals surface area contributed by atoms with E-state index in [2.05, 4.69) is 0 Å². The van der Waals surface area contributed by atoms with Crippen LogP contribution in [0.3, 0.4) is 0 Å². The topological polar surface area (TPSA) is 90.7 Å². The maximum atomic E-state index is 13.5. The summed E-state index contributed by atoms with van der Waals surface area (Å²) in [4.78, 5) is 30.2. The van der Waals surface area contributed by atoms with Crippen LogP contribution in [-0.4, -0.2) is 40.8 Å². The SMILES string of the molecule is COc1cc2nc3n(c2cc1OC)C(=O)[C@]1(C)C[C@](C)(C(=O)O)C[C@@]3(C)C1.